The highest BCUT2D eigenvalue weighted by atomic mass is 16.5. The Bertz CT molecular complexity index is 1120. The molecular weight excluding hydrogens is 364 g/mol. The molecule has 4 aromatic rings. The minimum Gasteiger partial charge on any atom is -0.497 e. The Hall–Kier alpha value is -3.47. The SMILES string of the molecule is COc1ccc2nc(Cc3ccc(OC)c(OC)c3)n(Cc3ccccc3)c2c1. The van der Waals surface area contributed by atoms with Crippen LogP contribution in [0, 0.1) is 0 Å². The van der Waals surface area contributed by atoms with Gasteiger partial charge in [0.05, 0.1) is 32.4 Å². The van der Waals surface area contributed by atoms with E-state index in [0.717, 1.165) is 46.2 Å². The van der Waals surface area contributed by atoms with Crippen LogP contribution in [0.3, 0.4) is 0 Å². The van der Waals surface area contributed by atoms with Gasteiger partial charge in [-0.3, -0.25) is 0 Å². The lowest BCUT2D eigenvalue weighted by Gasteiger charge is -2.12. The maximum atomic E-state index is 5.46. The average Bonchev–Trinajstić information content (AvgIpc) is 3.10. The summed E-state index contributed by atoms with van der Waals surface area (Å²) in [5.74, 6) is 3.25. The second kappa shape index (κ2) is 8.27. The quantitative estimate of drug-likeness (QED) is 0.460. The van der Waals surface area contributed by atoms with Crippen LogP contribution in [-0.2, 0) is 13.0 Å². The van der Waals surface area contributed by atoms with Crippen LogP contribution in [-0.4, -0.2) is 30.9 Å². The molecule has 0 atom stereocenters. The first-order chi connectivity index (χ1) is 14.2. The molecule has 1 aromatic heterocycles. The van der Waals surface area contributed by atoms with Crippen LogP contribution in [0.2, 0.25) is 0 Å². The number of hydrogen-bond donors (Lipinski definition) is 0. The van der Waals surface area contributed by atoms with E-state index in [0.29, 0.717) is 6.42 Å². The topological polar surface area (TPSA) is 45.5 Å². The molecule has 0 aliphatic carbocycles. The number of hydrogen-bond acceptors (Lipinski definition) is 4. The zero-order chi connectivity index (χ0) is 20.2. The molecule has 0 saturated carbocycles. The van der Waals surface area contributed by atoms with Gasteiger partial charge in [0, 0.05) is 19.0 Å². The van der Waals surface area contributed by atoms with Gasteiger partial charge in [0.15, 0.2) is 11.5 Å². The molecule has 5 nitrogen and oxygen atoms in total. The molecule has 29 heavy (non-hydrogen) atoms. The fraction of sp³-hybridized carbons (Fsp3) is 0.208. The Kier molecular flexibility index (Phi) is 5.38. The predicted molar refractivity (Wildman–Crippen MR) is 114 cm³/mol. The standard InChI is InChI=1S/C24H24N2O3/c1-27-19-10-11-20-21(15-19)26(16-17-7-5-4-6-8-17)24(25-20)14-18-9-12-22(28-2)23(13-18)29-3/h4-13,15H,14,16H2,1-3H3. The number of ether oxygens (including phenoxy) is 3. The van der Waals surface area contributed by atoms with Crippen LogP contribution >= 0.6 is 0 Å². The zero-order valence-electron chi connectivity index (χ0n) is 16.9. The minimum absolute atomic E-state index is 0.685. The van der Waals surface area contributed by atoms with Crippen molar-refractivity contribution in [2.24, 2.45) is 0 Å². The van der Waals surface area contributed by atoms with Crippen LogP contribution in [0.1, 0.15) is 17.0 Å². The fourth-order valence-electron chi connectivity index (χ4n) is 3.53. The molecule has 0 spiro atoms. The molecule has 0 fully saturated rings. The summed E-state index contributed by atoms with van der Waals surface area (Å²) in [6, 6.07) is 22.4. The number of benzene rings is 3. The van der Waals surface area contributed by atoms with Crippen molar-refractivity contribution in [2.75, 3.05) is 21.3 Å². The lowest BCUT2D eigenvalue weighted by atomic mass is 10.1. The molecule has 0 amide bonds. The van der Waals surface area contributed by atoms with Crippen molar-refractivity contribution in [1.29, 1.82) is 0 Å². The first-order valence-electron chi connectivity index (χ1n) is 9.50. The van der Waals surface area contributed by atoms with Crippen LogP contribution in [0.25, 0.3) is 11.0 Å². The summed E-state index contributed by atoms with van der Waals surface area (Å²) in [5.41, 5.74) is 4.35. The molecule has 0 aliphatic rings. The van der Waals surface area contributed by atoms with Gasteiger partial charge in [0.25, 0.3) is 0 Å². The number of nitrogens with zero attached hydrogens (tertiary/aromatic N) is 2. The zero-order valence-corrected chi connectivity index (χ0v) is 16.9. The number of rotatable bonds is 7. The molecule has 0 unspecified atom stereocenters. The molecule has 1 heterocycles. The summed E-state index contributed by atoms with van der Waals surface area (Å²) in [6.07, 6.45) is 0.685. The number of imidazole rings is 1. The highest BCUT2D eigenvalue weighted by molar-refractivity contribution is 5.78. The highest BCUT2D eigenvalue weighted by Crippen LogP contribution is 2.30. The molecule has 4 rings (SSSR count). The Morgan fingerprint density at radius 3 is 2.28 bits per heavy atom. The summed E-state index contributed by atoms with van der Waals surface area (Å²) in [4.78, 5) is 4.91. The Labute approximate surface area is 170 Å². The summed E-state index contributed by atoms with van der Waals surface area (Å²) in [7, 11) is 4.98. The van der Waals surface area contributed by atoms with Crippen LogP contribution in [0.5, 0.6) is 17.2 Å². The predicted octanol–water partition coefficient (Wildman–Crippen LogP) is 4.70. The first-order valence-corrected chi connectivity index (χ1v) is 9.50. The molecule has 0 N–H and O–H groups in total. The van der Waals surface area contributed by atoms with Gasteiger partial charge in [-0.05, 0) is 35.4 Å². The van der Waals surface area contributed by atoms with Crippen molar-refractivity contribution < 1.29 is 14.2 Å². The molecule has 5 heteroatoms. The van der Waals surface area contributed by atoms with Gasteiger partial charge in [-0.2, -0.15) is 0 Å². The van der Waals surface area contributed by atoms with Crippen molar-refractivity contribution in [2.45, 2.75) is 13.0 Å². The molecular formula is C24H24N2O3. The Morgan fingerprint density at radius 2 is 1.55 bits per heavy atom. The maximum Gasteiger partial charge on any atom is 0.161 e. The van der Waals surface area contributed by atoms with E-state index in [1.807, 2.05) is 42.5 Å². The first kappa shape index (κ1) is 18.9. The third kappa shape index (κ3) is 3.90. The third-order valence-electron chi connectivity index (χ3n) is 5.03. The van der Waals surface area contributed by atoms with Gasteiger partial charge >= 0.3 is 0 Å². The van der Waals surface area contributed by atoms with E-state index in [2.05, 4.69) is 28.8 Å². The van der Waals surface area contributed by atoms with E-state index in [9.17, 15) is 0 Å². The van der Waals surface area contributed by atoms with Crippen molar-refractivity contribution in [3.63, 3.8) is 0 Å². The van der Waals surface area contributed by atoms with Gasteiger partial charge in [0.2, 0.25) is 0 Å². The third-order valence-corrected chi connectivity index (χ3v) is 5.03. The number of methoxy groups -OCH3 is 3. The van der Waals surface area contributed by atoms with Gasteiger partial charge in [-0.1, -0.05) is 36.4 Å². The molecule has 0 bridgehead atoms. The van der Waals surface area contributed by atoms with Crippen LogP contribution < -0.4 is 14.2 Å². The fourth-order valence-corrected chi connectivity index (χ4v) is 3.53. The van der Waals surface area contributed by atoms with Crippen molar-refractivity contribution >= 4 is 11.0 Å². The Balaban J connectivity index is 1.77. The maximum absolute atomic E-state index is 5.46. The van der Waals surface area contributed by atoms with E-state index in [-0.39, 0.29) is 0 Å². The largest absolute Gasteiger partial charge is 0.497 e. The second-order valence-corrected chi connectivity index (χ2v) is 6.82. The van der Waals surface area contributed by atoms with Crippen molar-refractivity contribution in [3.05, 3.63) is 83.7 Å². The normalized spacial score (nSPS) is 10.9. The van der Waals surface area contributed by atoms with E-state index < -0.39 is 0 Å². The lowest BCUT2D eigenvalue weighted by molar-refractivity contribution is 0.354. The van der Waals surface area contributed by atoms with Crippen molar-refractivity contribution in [1.82, 2.24) is 9.55 Å². The average molecular weight is 388 g/mol. The van der Waals surface area contributed by atoms with E-state index in [4.69, 9.17) is 19.2 Å². The highest BCUT2D eigenvalue weighted by Gasteiger charge is 2.14. The van der Waals surface area contributed by atoms with E-state index >= 15 is 0 Å². The van der Waals surface area contributed by atoms with Crippen molar-refractivity contribution in [3.8, 4) is 17.2 Å². The van der Waals surface area contributed by atoms with Gasteiger partial charge < -0.3 is 18.8 Å². The summed E-state index contributed by atoms with van der Waals surface area (Å²) in [5, 5.41) is 0. The smallest absolute Gasteiger partial charge is 0.161 e. The molecule has 0 aliphatic heterocycles. The summed E-state index contributed by atoms with van der Waals surface area (Å²) in [6.45, 7) is 0.743. The monoisotopic (exact) mass is 388 g/mol. The minimum atomic E-state index is 0.685. The Morgan fingerprint density at radius 1 is 0.759 bits per heavy atom. The van der Waals surface area contributed by atoms with Crippen LogP contribution in [0.4, 0.5) is 0 Å². The summed E-state index contributed by atoms with van der Waals surface area (Å²) < 4.78 is 18.5. The van der Waals surface area contributed by atoms with Gasteiger partial charge in [-0.15, -0.1) is 0 Å². The molecule has 148 valence electrons. The van der Waals surface area contributed by atoms with Crippen LogP contribution in [0.15, 0.2) is 66.7 Å². The second-order valence-electron chi connectivity index (χ2n) is 6.82. The molecule has 0 saturated heterocycles. The van der Waals surface area contributed by atoms with Gasteiger partial charge in [-0.25, -0.2) is 4.98 Å². The summed E-state index contributed by atoms with van der Waals surface area (Å²) >= 11 is 0. The molecule has 3 aromatic carbocycles. The van der Waals surface area contributed by atoms with E-state index in [1.165, 1.54) is 5.56 Å². The molecule has 0 radical (unpaired) electrons. The van der Waals surface area contributed by atoms with Gasteiger partial charge in [0.1, 0.15) is 11.6 Å². The lowest BCUT2D eigenvalue weighted by Crippen LogP contribution is -2.06. The van der Waals surface area contributed by atoms with E-state index in [1.54, 1.807) is 21.3 Å². The number of fused-ring (bicyclic) bond motifs is 1. The number of aromatic nitrogens is 2.